The molecule has 2 heterocycles. The number of hydrogen-bond donors (Lipinski definition) is 1. The zero-order valence-electron chi connectivity index (χ0n) is 12.6. The van der Waals surface area contributed by atoms with Crippen molar-refractivity contribution in [1.29, 1.82) is 0 Å². The second-order valence-corrected chi connectivity index (χ2v) is 6.18. The first-order valence-electron chi connectivity index (χ1n) is 7.88. The van der Waals surface area contributed by atoms with Crippen LogP contribution in [0.3, 0.4) is 0 Å². The summed E-state index contributed by atoms with van der Waals surface area (Å²) in [4.78, 5) is 2.32. The highest BCUT2D eigenvalue weighted by Crippen LogP contribution is 2.38. The molecule has 0 amide bonds. The highest BCUT2D eigenvalue weighted by Gasteiger charge is 2.30. The van der Waals surface area contributed by atoms with Gasteiger partial charge in [-0.2, -0.15) is 0 Å². The number of nitrogens with zero attached hydrogens (tertiary/aromatic N) is 1. The smallest absolute Gasteiger partial charge is 0.136 e. The predicted octanol–water partition coefficient (Wildman–Crippen LogP) is 3.50. The number of rotatable bonds is 1. The van der Waals surface area contributed by atoms with Crippen molar-refractivity contribution in [3.8, 4) is 11.1 Å². The maximum absolute atomic E-state index is 14.0. The van der Waals surface area contributed by atoms with Crippen molar-refractivity contribution < 1.29 is 13.2 Å². The molecule has 23 heavy (non-hydrogen) atoms. The Balaban J connectivity index is 1.78. The van der Waals surface area contributed by atoms with Crippen molar-refractivity contribution in [2.75, 3.05) is 24.5 Å². The van der Waals surface area contributed by atoms with Gasteiger partial charge in [-0.1, -0.05) is 12.1 Å². The van der Waals surface area contributed by atoms with Gasteiger partial charge in [-0.3, -0.25) is 0 Å². The van der Waals surface area contributed by atoms with Gasteiger partial charge in [0.25, 0.3) is 0 Å². The summed E-state index contributed by atoms with van der Waals surface area (Å²) in [5.74, 6) is -2.63. The second-order valence-electron chi connectivity index (χ2n) is 6.18. The van der Waals surface area contributed by atoms with Gasteiger partial charge in [-0.25, -0.2) is 13.2 Å². The molecule has 0 spiro atoms. The van der Waals surface area contributed by atoms with Gasteiger partial charge in [-0.15, -0.1) is 0 Å². The van der Waals surface area contributed by atoms with Crippen LogP contribution in [0.15, 0.2) is 30.3 Å². The third-order valence-electron chi connectivity index (χ3n) is 4.77. The topological polar surface area (TPSA) is 15.3 Å². The van der Waals surface area contributed by atoms with Crippen molar-refractivity contribution in [2.45, 2.75) is 18.9 Å². The van der Waals surface area contributed by atoms with E-state index < -0.39 is 17.5 Å². The van der Waals surface area contributed by atoms with Crippen LogP contribution in [0.4, 0.5) is 18.9 Å². The van der Waals surface area contributed by atoms with Crippen LogP contribution >= 0.6 is 0 Å². The molecular formula is C18H17F3N2. The average Bonchev–Trinajstić information content (AvgIpc) is 2.68. The summed E-state index contributed by atoms with van der Waals surface area (Å²) in [6.07, 6.45) is 2.02. The molecule has 2 nitrogen and oxygen atoms in total. The monoisotopic (exact) mass is 318 g/mol. The van der Waals surface area contributed by atoms with Crippen LogP contribution in [0.25, 0.3) is 11.1 Å². The molecule has 0 saturated carbocycles. The highest BCUT2D eigenvalue weighted by atomic mass is 19.1. The Hall–Kier alpha value is -2.01. The lowest BCUT2D eigenvalue weighted by Gasteiger charge is -2.25. The number of benzene rings is 2. The van der Waals surface area contributed by atoms with E-state index in [9.17, 15) is 13.2 Å². The van der Waals surface area contributed by atoms with Crippen molar-refractivity contribution in [3.63, 3.8) is 0 Å². The number of halogens is 3. The molecule has 1 N–H and O–H groups in total. The zero-order chi connectivity index (χ0) is 16.0. The lowest BCUT2D eigenvalue weighted by Crippen LogP contribution is -2.32. The van der Waals surface area contributed by atoms with Crippen molar-refractivity contribution in [3.05, 3.63) is 53.3 Å². The normalized spacial score (nSPS) is 20.1. The van der Waals surface area contributed by atoms with Crippen LogP contribution in [0, 0.1) is 17.5 Å². The molecule has 2 aromatic carbocycles. The fourth-order valence-electron chi connectivity index (χ4n) is 3.69. The molecule has 2 aliphatic rings. The van der Waals surface area contributed by atoms with Gasteiger partial charge in [0.2, 0.25) is 0 Å². The van der Waals surface area contributed by atoms with Crippen LogP contribution in [-0.2, 0) is 6.42 Å². The summed E-state index contributed by atoms with van der Waals surface area (Å²) >= 11 is 0. The molecular weight excluding hydrogens is 301 g/mol. The number of fused-ring (bicyclic) bond motifs is 3. The lowest BCUT2D eigenvalue weighted by atomic mass is 10.0. The largest absolute Gasteiger partial charge is 0.367 e. The molecule has 1 fully saturated rings. The minimum atomic E-state index is -0.899. The Morgan fingerprint density at radius 3 is 2.57 bits per heavy atom. The minimum absolute atomic E-state index is 0.161. The van der Waals surface area contributed by atoms with Gasteiger partial charge in [0.05, 0.1) is 5.56 Å². The van der Waals surface area contributed by atoms with Crippen molar-refractivity contribution in [2.24, 2.45) is 0 Å². The summed E-state index contributed by atoms with van der Waals surface area (Å²) < 4.78 is 41.2. The third-order valence-corrected chi connectivity index (χ3v) is 4.77. The van der Waals surface area contributed by atoms with Crippen LogP contribution in [0.2, 0.25) is 0 Å². The molecule has 0 aliphatic carbocycles. The molecule has 1 atom stereocenters. The fourth-order valence-corrected chi connectivity index (χ4v) is 3.69. The van der Waals surface area contributed by atoms with Gasteiger partial charge in [0, 0.05) is 37.0 Å². The Morgan fingerprint density at radius 1 is 1.00 bits per heavy atom. The zero-order valence-corrected chi connectivity index (χ0v) is 12.6. The molecule has 4 rings (SSSR count). The third kappa shape index (κ3) is 2.49. The maximum Gasteiger partial charge on any atom is 0.136 e. The van der Waals surface area contributed by atoms with Gasteiger partial charge < -0.3 is 10.2 Å². The van der Waals surface area contributed by atoms with Crippen LogP contribution < -0.4 is 10.2 Å². The van der Waals surface area contributed by atoms with Gasteiger partial charge in [0.15, 0.2) is 0 Å². The molecule has 1 unspecified atom stereocenters. The molecule has 2 aliphatic heterocycles. The van der Waals surface area contributed by atoms with Crippen molar-refractivity contribution >= 4 is 5.69 Å². The van der Waals surface area contributed by atoms with Gasteiger partial charge >= 0.3 is 0 Å². The molecule has 0 radical (unpaired) electrons. The van der Waals surface area contributed by atoms with Gasteiger partial charge in [-0.05, 0) is 36.6 Å². The molecule has 120 valence electrons. The molecule has 0 aromatic heterocycles. The SMILES string of the molecule is Fc1cc(F)c(-c2ccc3c(c2)N2CCNCCC2C3)c(F)c1. The molecule has 2 aromatic rings. The number of nitrogens with one attached hydrogen (secondary N) is 1. The van der Waals surface area contributed by atoms with Crippen LogP contribution in [0.1, 0.15) is 12.0 Å². The number of anilines is 1. The van der Waals surface area contributed by atoms with E-state index in [1.165, 1.54) is 5.56 Å². The van der Waals surface area contributed by atoms with E-state index in [1.807, 2.05) is 12.1 Å². The predicted molar refractivity (Wildman–Crippen MR) is 84.1 cm³/mol. The Labute approximate surface area is 132 Å². The van der Waals surface area contributed by atoms with Crippen LogP contribution in [-0.4, -0.2) is 25.7 Å². The first-order valence-corrected chi connectivity index (χ1v) is 7.88. The van der Waals surface area contributed by atoms with E-state index in [1.54, 1.807) is 6.07 Å². The van der Waals surface area contributed by atoms with Crippen LogP contribution in [0.5, 0.6) is 0 Å². The van der Waals surface area contributed by atoms with Crippen molar-refractivity contribution in [1.82, 2.24) is 5.32 Å². The maximum atomic E-state index is 14.0. The summed E-state index contributed by atoms with van der Waals surface area (Å²) in [5, 5.41) is 3.37. The van der Waals surface area contributed by atoms with E-state index in [0.29, 0.717) is 11.6 Å². The molecule has 0 bridgehead atoms. The summed E-state index contributed by atoms with van der Waals surface area (Å²) in [6, 6.07) is 7.39. The molecule has 1 saturated heterocycles. The first-order chi connectivity index (χ1) is 11.1. The second kappa shape index (κ2) is 5.57. The van der Waals surface area contributed by atoms with Gasteiger partial charge in [0.1, 0.15) is 17.5 Å². The van der Waals surface area contributed by atoms with E-state index in [0.717, 1.165) is 50.3 Å². The van der Waals surface area contributed by atoms with E-state index >= 15 is 0 Å². The number of hydrogen-bond acceptors (Lipinski definition) is 2. The summed E-state index contributed by atoms with van der Waals surface area (Å²) in [5.41, 5.74) is 2.55. The Bertz CT molecular complexity index is 737. The lowest BCUT2D eigenvalue weighted by molar-refractivity contribution is 0.548. The quantitative estimate of drug-likeness (QED) is 0.866. The Morgan fingerprint density at radius 2 is 1.78 bits per heavy atom. The Kier molecular flexibility index (Phi) is 3.53. The van der Waals surface area contributed by atoms with E-state index in [-0.39, 0.29) is 5.56 Å². The minimum Gasteiger partial charge on any atom is -0.367 e. The highest BCUT2D eigenvalue weighted by molar-refractivity contribution is 5.73. The summed E-state index contributed by atoms with van der Waals surface area (Å²) in [6.45, 7) is 2.78. The summed E-state index contributed by atoms with van der Waals surface area (Å²) in [7, 11) is 0. The fraction of sp³-hybridized carbons (Fsp3) is 0.333. The van der Waals surface area contributed by atoms with E-state index in [2.05, 4.69) is 10.2 Å². The standard InChI is InChI=1S/C18H17F3N2/c19-13-9-15(20)18(16(21)10-13)12-2-1-11-7-14-3-4-22-5-6-23(14)17(11)8-12/h1-2,8-10,14,22H,3-7H2. The molecule has 5 heteroatoms. The first kappa shape index (κ1) is 14.6. The van der Waals surface area contributed by atoms with E-state index in [4.69, 9.17) is 0 Å². The average molecular weight is 318 g/mol.